The molecule has 5 heteroatoms. The van der Waals surface area contributed by atoms with Crippen LogP contribution in [0.15, 0.2) is 71.5 Å². The van der Waals surface area contributed by atoms with E-state index in [9.17, 15) is 4.79 Å². The van der Waals surface area contributed by atoms with E-state index in [0.717, 1.165) is 14.8 Å². The van der Waals surface area contributed by atoms with Crippen LogP contribution in [-0.4, -0.2) is 9.55 Å². The highest BCUT2D eigenvalue weighted by atomic mass is 127. The van der Waals surface area contributed by atoms with Crippen molar-refractivity contribution in [1.82, 2.24) is 9.55 Å². The quantitative estimate of drug-likeness (QED) is 0.319. The van der Waals surface area contributed by atoms with Crippen molar-refractivity contribution >= 4 is 57.2 Å². The van der Waals surface area contributed by atoms with E-state index in [1.807, 2.05) is 54.6 Å². The molecule has 0 atom stereocenters. The first-order valence-electron chi connectivity index (χ1n) is 8.74. The van der Waals surface area contributed by atoms with Crippen LogP contribution in [0.25, 0.3) is 28.7 Å². The Morgan fingerprint density at radius 2 is 1.79 bits per heavy atom. The SMILES string of the molecule is Cc1cccc(/C=C/c2nc3ccc(I)cc3c(=O)n2-c2ccc(Cl)cc2)c1. The number of nitrogens with zero attached hydrogens (tertiary/aromatic N) is 2. The van der Waals surface area contributed by atoms with Crippen LogP contribution >= 0.6 is 34.2 Å². The summed E-state index contributed by atoms with van der Waals surface area (Å²) in [5, 5.41) is 1.21. The van der Waals surface area contributed by atoms with Crippen molar-refractivity contribution in [2.45, 2.75) is 6.92 Å². The summed E-state index contributed by atoms with van der Waals surface area (Å²) in [7, 11) is 0. The summed E-state index contributed by atoms with van der Waals surface area (Å²) in [5.74, 6) is 0.572. The number of halogens is 2. The summed E-state index contributed by atoms with van der Waals surface area (Å²) in [5.41, 5.74) is 3.54. The molecule has 0 radical (unpaired) electrons. The Kier molecular flexibility index (Phi) is 5.33. The molecule has 28 heavy (non-hydrogen) atoms. The standard InChI is InChI=1S/C23H16ClIN2O/c1-15-3-2-4-16(13-15)5-12-22-26-21-11-8-18(25)14-20(21)23(28)27(22)19-9-6-17(24)7-10-19/h2-14H,1H3/b12-5+. The zero-order chi connectivity index (χ0) is 19.7. The lowest BCUT2D eigenvalue weighted by Gasteiger charge is -2.12. The molecule has 0 fully saturated rings. The number of aromatic nitrogens is 2. The van der Waals surface area contributed by atoms with E-state index in [2.05, 4.69) is 41.6 Å². The molecule has 0 spiro atoms. The van der Waals surface area contributed by atoms with E-state index >= 15 is 0 Å². The Labute approximate surface area is 181 Å². The zero-order valence-corrected chi connectivity index (χ0v) is 18.0. The zero-order valence-electron chi connectivity index (χ0n) is 15.1. The lowest BCUT2D eigenvalue weighted by molar-refractivity contribution is 0.944. The van der Waals surface area contributed by atoms with Gasteiger partial charge < -0.3 is 0 Å². The van der Waals surface area contributed by atoms with Gasteiger partial charge in [-0.15, -0.1) is 0 Å². The molecule has 0 unspecified atom stereocenters. The van der Waals surface area contributed by atoms with Crippen molar-refractivity contribution in [3.05, 3.63) is 103 Å². The van der Waals surface area contributed by atoms with Crippen LogP contribution in [0.2, 0.25) is 5.02 Å². The monoisotopic (exact) mass is 498 g/mol. The summed E-state index contributed by atoms with van der Waals surface area (Å²) in [6, 6.07) is 21.1. The van der Waals surface area contributed by atoms with Crippen molar-refractivity contribution in [2.75, 3.05) is 0 Å². The van der Waals surface area contributed by atoms with E-state index in [4.69, 9.17) is 16.6 Å². The summed E-state index contributed by atoms with van der Waals surface area (Å²) in [6.45, 7) is 2.05. The van der Waals surface area contributed by atoms with Gasteiger partial charge in [-0.3, -0.25) is 9.36 Å². The van der Waals surface area contributed by atoms with E-state index in [1.165, 1.54) is 5.56 Å². The largest absolute Gasteiger partial charge is 0.268 e. The van der Waals surface area contributed by atoms with Crippen LogP contribution in [0.3, 0.4) is 0 Å². The van der Waals surface area contributed by atoms with Crippen LogP contribution in [-0.2, 0) is 0 Å². The fourth-order valence-electron chi connectivity index (χ4n) is 3.07. The Hall–Kier alpha value is -2.44. The smallest absolute Gasteiger partial charge is 0.266 e. The summed E-state index contributed by atoms with van der Waals surface area (Å²) in [6.07, 6.45) is 3.85. The van der Waals surface area contributed by atoms with Crippen LogP contribution in [0.4, 0.5) is 0 Å². The van der Waals surface area contributed by atoms with Gasteiger partial charge in [0.2, 0.25) is 0 Å². The lowest BCUT2D eigenvalue weighted by Crippen LogP contribution is -2.22. The predicted octanol–water partition coefficient (Wildman–Crippen LogP) is 6.12. The maximum Gasteiger partial charge on any atom is 0.266 e. The minimum atomic E-state index is -0.102. The van der Waals surface area contributed by atoms with Crippen LogP contribution in [0, 0.1) is 10.5 Å². The third-order valence-corrected chi connectivity index (χ3v) is 5.33. The molecule has 0 aliphatic rings. The molecular weight excluding hydrogens is 483 g/mol. The maximum absolute atomic E-state index is 13.3. The second kappa shape index (κ2) is 7.89. The van der Waals surface area contributed by atoms with Crippen molar-refractivity contribution in [3.8, 4) is 5.69 Å². The average Bonchev–Trinajstić information content (AvgIpc) is 2.68. The van der Waals surface area contributed by atoms with Crippen LogP contribution < -0.4 is 5.56 Å². The molecule has 0 saturated carbocycles. The number of benzene rings is 3. The van der Waals surface area contributed by atoms with E-state index < -0.39 is 0 Å². The first kappa shape index (κ1) is 18.9. The van der Waals surface area contributed by atoms with Crippen LogP contribution in [0.5, 0.6) is 0 Å². The summed E-state index contributed by atoms with van der Waals surface area (Å²) < 4.78 is 2.62. The summed E-state index contributed by atoms with van der Waals surface area (Å²) >= 11 is 8.24. The van der Waals surface area contributed by atoms with Gasteiger partial charge in [0.05, 0.1) is 16.6 Å². The van der Waals surface area contributed by atoms with Gasteiger partial charge >= 0.3 is 0 Å². The van der Waals surface area contributed by atoms with Gasteiger partial charge in [0.25, 0.3) is 5.56 Å². The van der Waals surface area contributed by atoms with E-state index in [-0.39, 0.29) is 5.56 Å². The molecule has 4 rings (SSSR count). The fraction of sp³-hybridized carbons (Fsp3) is 0.0435. The number of fused-ring (bicyclic) bond motifs is 1. The van der Waals surface area contributed by atoms with Crippen molar-refractivity contribution in [2.24, 2.45) is 0 Å². The Balaban J connectivity index is 1.95. The van der Waals surface area contributed by atoms with Crippen molar-refractivity contribution < 1.29 is 0 Å². The molecule has 1 aromatic heterocycles. The highest BCUT2D eigenvalue weighted by Gasteiger charge is 2.11. The molecule has 0 bridgehead atoms. The van der Waals surface area contributed by atoms with Crippen molar-refractivity contribution in [1.29, 1.82) is 0 Å². The number of aryl methyl sites for hydroxylation is 1. The first-order valence-corrected chi connectivity index (χ1v) is 10.2. The van der Waals surface area contributed by atoms with Gasteiger partial charge in [-0.05, 0) is 83.6 Å². The van der Waals surface area contributed by atoms with Gasteiger partial charge in [-0.25, -0.2) is 4.98 Å². The van der Waals surface area contributed by atoms with Gasteiger partial charge in [0, 0.05) is 8.59 Å². The molecule has 3 nitrogen and oxygen atoms in total. The second-order valence-corrected chi connectivity index (χ2v) is 8.18. The topological polar surface area (TPSA) is 34.9 Å². The molecule has 4 aromatic rings. The highest BCUT2D eigenvalue weighted by Crippen LogP contribution is 2.19. The molecule has 0 saturated heterocycles. The Morgan fingerprint density at radius 3 is 2.54 bits per heavy atom. The molecule has 138 valence electrons. The number of rotatable bonds is 3. The lowest BCUT2D eigenvalue weighted by atomic mass is 10.1. The highest BCUT2D eigenvalue weighted by molar-refractivity contribution is 14.1. The van der Waals surface area contributed by atoms with E-state index in [1.54, 1.807) is 16.7 Å². The fourth-order valence-corrected chi connectivity index (χ4v) is 3.69. The second-order valence-electron chi connectivity index (χ2n) is 6.50. The Bertz CT molecular complexity index is 1260. The third-order valence-electron chi connectivity index (χ3n) is 4.41. The molecule has 0 N–H and O–H groups in total. The van der Waals surface area contributed by atoms with Gasteiger partial charge in [-0.2, -0.15) is 0 Å². The maximum atomic E-state index is 13.3. The number of hydrogen-bond donors (Lipinski definition) is 0. The minimum absolute atomic E-state index is 0.102. The third kappa shape index (κ3) is 3.88. The normalized spacial score (nSPS) is 11.4. The molecule has 1 heterocycles. The molecule has 0 amide bonds. The van der Waals surface area contributed by atoms with Gasteiger partial charge in [-0.1, -0.05) is 47.5 Å². The molecule has 0 aliphatic heterocycles. The molecule has 3 aromatic carbocycles. The average molecular weight is 499 g/mol. The summed E-state index contributed by atoms with van der Waals surface area (Å²) in [4.78, 5) is 18.1. The first-order chi connectivity index (χ1) is 13.5. The number of hydrogen-bond acceptors (Lipinski definition) is 2. The van der Waals surface area contributed by atoms with Gasteiger partial charge in [0.1, 0.15) is 5.82 Å². The predicted molar refractivity (Wildman–Crippen MR) is 125 cm³/mol. The van der Waals surface area contributed by atoms with Gasteiger partial charge in [0.15, 0.2) is 0 Å². The van der Waals surface area contributed by atoms with E-state index in [0.29, 0.717) is 21.7 Å². The molecule has 0 aliphatic carbocycles. The Morgan fingerprint density at radius 1 is 1.00 bits per heavy atom. The molecular formula is C23H16ClIN2O. The minimum Gasteiger partial charge on any atom is -0.268 e. The van der Waals surface area contributed by atoms with Crippen molar-refractivity contribution in [3.63, 3.8) is 0 Å². The van der Waals surface area contributed by atoms with Crippen LogP contribution in [0.1, 0.15) is 17.0 Å².